The Kier molecular flexibility index (Phi) is 5.79. The highest BCUT2D eigenvalue weighted by atomic mass is 32.2. The average molecular weight is 365 g/mol. The van der Waals surface area contributed by atoms with E-state index in [4.69, 9.17) is 4.74 Å². The highest BCUT2D eigenvalue weighted by molar-refractivity contribution is 7.92. The molecular formula is C18H20FNO4S. The fourth-order valence-electron chi connectivity index (χ4n) is 2.42. The smallest absolute Gasteiger partial charge is 0.338 e. The van der Waals surface area contributed by atoms with E-state index < -0.39 is 21.8 Å². The minimum atomic E-state index is -3.88. The fraction of sp³-hybridized carbons (Fsp3) is 0.278. The van der Waals surface area contributed by atoms with Gasteiger partial charge in [-0.25, -0.2) is 17.6 Å². The van der Waals surface area contributed by atoms with E-state index in [1.54, 1.807) is 32.9 Å². The van der Waals surface area contributed by atoms with Gasteiger partial charge in [0.25, 0.3) is 10.0 Å². The van der Waals surface area contributed by atoms with Crippen LogP contribution in [0.2, 0.25) is 0 Å². The zero-order valence-electron chi connectivity index (χ0n) is 14.3. The van der Waals surface area contributed by atoms with Crippen LogP contribution in [0.5, 0.6) is 0 Å². The van der Waals surface area contributed by atoms with E-state index in [0.29, 0.717) is 11.3 Å². The van der Waals surface area contributed by atoms with Crippen molar-refractivity contribution < 1.29 is 22.3 Å². The first kappa shape index (κ1) is 18.9. The number of nitrogens with zero attached hydrogens (tertiary/aromatic N) is 1. The Balaban J connectivity index is 2.51. The van der Waals surface area contributed by atoms with Gasteiger partial charge in [0, 0.05) is 6.54 Å². The van der Waals surface area contributed by atoms with Crippen LogP contribution in [0.25, 0.3) is 0 Å². The summed E-state index contributed by atoms with van der Waals surface area (Å²) < 4.78 is 45.1. The number of carbonyl (C=O) groups is 1. The minimum absolute atomic E-state index is 0.0170. The minimum Gasteiger partial charge on any atom is -0.462 e. The first-order chi connectivity index (χ1) is 11.8. The summed E-state index contributed by atoms with van der Waals surface area (Å²) in [6, 6.07) is 9.40. The molecule has 0 spiro atoms. The molecule has 0 aliphatic rings. The first-order valence-corrected chi connectivity index (χ1v) is 9.31. The van der Waals surface area contributed by atoms with Gasteiger partial charge >= 0.3 is 5.97 Å². The van der Waals surface area contributed by atoms with E-state index in [1.807, 2.05) is 0 Å². The Labute approximate surface area is 147 Å². The van der Waals surface area contributed by atoms with Crippen LogP contribution in [0.4, 0.5) is 10.1 Å². The standard InChI is InChI=1S/C18H20FNO4S/c1-4-20(25(22,23)16-10-8-15(19)9-11-16)17-12-14(7-6-13(17)3)18(21)24-5-2/h6-12H,4-5H2,1-3H3. The topological polar surface area (TPSA) is 63.7 Å². The first-order valence-electron chi connectivity index (χ1n) is 7.87. The monoisotopic (exact) mass is 365 g/mol. The molecule has 0 aliphatic carbocycles. The maximum atomic E-state index is 13.1. The van der Waals surface area contributed by atoms with Gasteiger partial charge in [-0.15, -0.1) is 0 Å². The van der Waals surface area contributed by atoms with Crippen molar-refractivity contribution in [3.05, 3.63) is 59.4 Å². The lowest BCUT2D eigenvalue weighted by molar-refractivity contribution is 0.0526. The molecule has 0 atom stereocenters. The van der Waals surface area contributed by atoms with Crippen LogP contribution in [0.1, 0.15) is 29.8 Å². The van der Waals surface area contributed by atoms with Crippen molar-refractivity contribution in [3.8, 4) is 0 Å². The Hall–Kier alpha value is -2.41. The normalized spacial score (nSPS) is 11.2. The largest absolute Gasteiger partial charge is 0.462 e. The van der Waals surface area contributed by atoms with Crippen molar-refractivity contribution in [2.24, 2.45) is 0 Å². The van der Waals surface area contributed by atoms with Gasteiger partial charge in [-0.3, -0.25) is 4.31 Å². The number of esters is 1. The van der Waals surface area contributed by atoms with E-state index in [2.05, 4.69) is 0 Å². The van der Waals surface area contributed by atoms with Crippen LogP contribution < -0.4 is 4.31 Å². The number of halogens is 1. The average Bonchev–Trinajstić information content (AvgIpc) is 2.57. The van der Waals surface area contributed by atoms with Gasteiger partial charge in [0.2, 0.25) is 0 Å². The highest BCUT2D eigenvalue weighted by Gasteiger charge is 2.25. The molecule has 2 aromatic carbocycles. The molecule has 2 aromatic rings. The molecule has 134 valence electrons. The predicted octanol–water partition coefficient (Wildman–Crippen LogP) is 3.53. The number of anilines is 1. The Bertz CT molecular complexity index is 863. The summed E-state index contributed by atoms with van der Waals surface area (Å²) in [7, 11) is -3.88. The quantitative estimate of drug-likeness (QED) is 0.735. The summed E-state index contributed by atoms with van der Waals surface area (Å²) in [6.07, 6.45) is 0. The number of benzene rings is 2. The van der Waals surface area contributed by atoms with Crippen molar-refractivity contribution >= 4 is 21.7 Å². The molecule has 2 rings (SSSR count). The third-order valence-corrected chi connectivity index (χ3v) is 5.58. The fourth-order valence-corrected chi connectivity index (χ4v) is 3.95. The summed E-state index contributed by atoms with van der Waals surface area (Å²) in [5.74, 6) is -1.03. The van der Waals surface area contributed by atoms with Crippen LogP contribution in [-0.2, 0) is 14.8 Å². The SMILES string of the molecule is CCOC(=O)c1ccc(C)c(N(CC)S(=O)(=O)c2ccc(F)cc2)c1. The summed E-state index contributed by atoms with van der Waals surface area (Å²) >= 11 is 0. The molecule has 25 heavy (non-hydrogen) atoms. The van der Waals surface area contributed by atoms with Crippen LogP contribution >= 0.6 is 0 Å². The van der Waals surface area contributed by atoms with Gasteiger partial charge in [-0.2, -0.15) is 0 Å². The van der Waals surface area contributed by atoms with Crippen LogP contribution in [0.15, 0.2) is 47.4 Å². The molecule has 0 radical (unpaired) electrons. The van der Waals surface area contributed by atoms with Crippen molar-refractivity contribution in [3.63, 3.8) is 0 Å². The molecule has 0 fully saturated rings. The molecule has 0 saturated heterocycles. The number of sulfonamides is 1. The molecule has 0 bridgehead atoms. The Morgan fingerprint density at radius 2 is 1.76 bits per heavy atom. The van der Waals surface area contributed by atoms with Crippen molar-refractivity contribution in [1.82, 2.24) is 0 Å². The summed E-state index contributed by atoms with van der Waals surface area (Å²) in [6.45, 7) is 5.54. The maximum Gasteiger partial charge on any atom is 0.338 e. The van der Waals surface area contributed by atoms with E-state index in [1.165, 1.54) is 22.5 Å². The van der Waals surface area contributed by atoms with Gasteiger partial charge in [0.05, 0.1) is 22.8 Å². The molecule has 0 aromatic heterocycles. The van der Waals surface area contributed by atoms with E-state index in [9.17, 15) is 17.6 Å². The lowest BCUT2D eigenvalue weighted by atomic mass is 10.1. The number of ether oxygens (including phenoxy) is 1. The van der Waals surface area contributed by atoms with Crippen molar-refractivity contribution in [2.45, 2.75) is 25.7 Å². The molecule has 5 nitrogen and oxygen atoms in total. The van der Waals surface area contributed by atoms with Crippen molar-refractivity contribution in [2.75, 3.05) is 17.5 Å². The Morgan fingerprint density at radius 1 is 1.12 bits per heavy atom. The Morgan fingerprint density at radius 3 is 2.32 bits per heavy atom. The third kappa shape index (κ3) is 3.99. The second-order valence-corrected chi connectivity index (χ2v) is 7.21. The lowest BCUT2D eigenvalue weighted by Gasteiger charge is -2.25. The predicted molar refractivity (Wildman–Crippen MR) is 93.7 cm³/mol. The van der Waals surface area contributed by atoms with Crippen molar-refractivity contribution in [1.29, 1.82) is 0 Å². The van der Waals surface area contributed by atoms with E-state index in [-0.39, 0.29) is 23.6 Å². The second kappa shape index (κ2) is 7.65. The summed E-state index contributed by atoms with van der Waals surface area (Å²) in [5.41, 5.74) is 1.35. The molecule has 0 heterocycles. The van der Waals surface area contributed by atoms with Gasteiger partial charge < -0.3 is 4.74 Å². The van der Waals surface area contributed by atoms with Gasteiger partial charge in [-0.05, 0) is 62.7 Å². The number of aryl methyl sites for hydroxylation is 1. The highest BCUT2D eigenvalue weighted by Crippen LogP contribution is 2.28. The van der Waals surface area contributed by atoms with Gasteiger partial charge in [0.15, 0.2) is 0 Å². The van der Waals surface area contributed by atoms with Crippen LogP contribution in [0, 0.1) is 12.7 Å². The molecule has 0 aliphatic heterocycles. The molecule has 0 saturated carbocycles. The summed E-state index contributed by atoms with van der Waals surface area (Å²) in [5, 5.41) is 0. The molecule has 0 N–H and O–H groups in total. The van der Waals surface area contributed by atoms with Gasteiger partial charge in [0.1, 0.15) is 5.82 Å². The van der Waals surface area contributed by atoms with Crippen LogP contribution in [-0.4, -0.2) is 27.5 Å². The van der Waals surface area contributed by atoms with E-state index >= 15 is 0 Å². The number of hydrogen-bond donors (Lipinski definition) is 0. The maximum absolute atomic E-state index is 13.1. The molecule has 7 heteroatoms. The number of hydrogen-bond acceptors (Lipinski definition) is 4. The number of rotatable bonds is 6. The molecule has 0 unspecified atom stereocenters. The molecular weight excluding hydrogens is 345 g/mol. The molecule has 0 amide bonds. The lowest BCUT2D eigenvalue weighted by Crippen LogP contribution is -2.31. The zero-order chi connectivity index (χ0) is 18.6. The van der Waals surface area contributed by atoms with Gasteiger partial charge in [-0.1, -0.05) is 6.07 Å². The zero-order valence-corrected chi connectivity index (χ0v) is 15.1. The van der Waals surface area contributed by atoms with E-state index in [0.717, 1.165) is 12.1 Å². The van der Waals surface area contributed by atoms with Crippen LogP contribution in [0.3, 0.4) is 0 Å². The summed E-state index contributed by atoms with van der Waals surface area (Å²) in [4.78, 5) is 11.9. The third-order valence-electron chi connectivity index (χ3n) is 3.68. The second-order valence-electron chi connectivity index (χ2n) is 5.35. The number of carbonyl (C=O) groups excluding carboxylic acids is 1.